The van der Waals surface area contributed by atoms with Crippen molar-refractivity contribution in [3.8, 4) is 0 Å². The first-order valence-corrected chi connectivity index (χ1v) is 7.66. The summed E-state index contributed by atoms with van der Waals surface area (Å²) in [5.41, 5.74) is 5.63. The van der Waals surface area contributed by atoms with Crippen LogP contribution in [0.2, 0.25) is 0 Å². The lowest BCUT2D eigenvalue weighted by atomic mass is 10.2. The van der Waals surface area contributed by atoms with Gasteiger partial charge in [0, 0.05) is 37.1 Å². The van der Waals surface area contributed by atoms with Crippen LogP contribution in [0.1, 0.15) is 24.0 Å². The zero-order chi connectivity index (χ0) is 15.9. The summed E-state index contributed by atoms with van der Waals surface area (Å²) < 4.78 is 0. The van der Waals surface area contributed by atoms with Gasteiger partial charge in [-0.15, -0.1) is 0 Å². The number of nitrogens with zero attached hydrogens (tertiary/aromatic N) is 2. The maximum absolute atomic E-state index is 11.8. The number of hydroxylamine groups is 1. The van der Waals surface area contributed by atoms with Gasteiger partial charge in [0.15, 0.2) is 0 Å². The van der Waals surface area contributed by atoms with Crippen LogP contribution in [0.15, 0.2) is 61.1 Å². The number of amides is 1. The molecule has 5 nitrogen and oxygen atoms in total. The molecule has 1 aromatic heterocycles. The van der Waals surface area contributed by atoms with Crippen LogP contribution >= 0.6 is 0 Å². The number of aromatic nitrogens is 1. The van der Waals surface area contributed by atoms with Crippen molar-refractivity contribution in [3.05, 3.63) is 72.2 Å². The lowest BCUT2D eigenvalue weighted by Gasteiger charge is -2.16. The Hall–Kier alpha value is -2.66. The number of carbonyl (C=O) groups is 1. The number of hydrogen-bond acceptors (Lipinski definition) is 4. The van der Waals surface area contributed by atoms with Crippen LogP contribution < -0.4 is 5.48 Å². The number of carbonyl (C=O) groups excluding carboxylic acids is 1. The highest BCUT2D eigenvalue weighted by Crippen LogP contribution is 2.16. The van der Waals surface area contributed by atoms with Gasteiger partial charge in [-0.1, -0.05) is 30.3 Å². The number of likely N-dealkylation sites (tertiary alicyclic amines) is 1. The molecule has 1 N–H and O–H groups in total. The summed E-state index contributed by atoms with van der Waals surface area (Å²) in [6.45, 7) is 1.18. The molecule has 0 saturated carbocycles. The van der Waals surface area contributed by atoms with E-state index in [4.69, 9.17) is 4.84 Å². The van der Waals surface area contributed by atoms with E-state index in [2.05, 4.69) is 10.5 Å². The quantitative estimate of drug-likeness (QED) is 0.834. The van der Waals surface area contributed by atoms with Crippen LogP contribution in [0.3, 0.4) is 0 Å². The van der Waals surface area contributed by atoms with Gasteiger partial charge in [0.05, 0.1) is 12.3 Å². The lowest BCUT2D eigenvalue weighted by molar-refractivity contribution is -0.125. The molecule has 1 fully saturated rings. The number of pyridine rings is 1. The van der Waals surface area contributed by atoms with Crippen LogP contribution in [0.4, 0.5) is 0 Å². The van der Waals surface area contributed by atoms with Crippen LogP contribution in [-0.2, 0) is 16.2 Å². The molecule has 23 heavy (non-hydrogen) atoms. The van der Waals surface area contributed by atoms with Gasteiger partial charge >= 0.3 is 0 Å². The van der Waals surface area contributed by atoms with Gasteiger partial charge in [0.25, 0.3) is 0 Å². The van der Waals surface area contributed by atoms with Crippen molar-refractivity contribution >= 4 is 11.6 Å². The molecule has 1 aromatic carbocycles. The average molecular weight is 309 g/mol. The van der Waals surface area contributed by atoms with Crippen LogP contribution in [0.25, 0.3) is 5.70 Å². The second-order valence-corrected chi connectivity index (χ2v) is 5.35. The van der Waals surface area contributed by atoms with Crippen molar-refractivity contribution in [2.75, 3.05) is 6.54 Å². The summed E-state index contributed by atoms with van der Waals surface area (Å²) in [7, 11) is 0. The van der Waals surface area contributed by atoms with Crippen LogP contribution in [0, 0.1) is 0 Å². The molecule has 118 valence electrons. The number of benzene rings is 1. The smallest absolute Gasteiger partial charge is 0.226 e. The zero-order valence-electron chi connectivity index (χ0n) is 12.8. The third-order valence-electron chi connectivity index (χ3n) is 3.63. The Morgan fingerprint density at radius 1 is 1.26 bits per heavy atom. The van der Waals surface area contributed by atoms with E-state index in [1.807, 2.05) is 42.5 Å². The molecular formula is C18H19N3O2. The van der Waals surface area contributed by atoms with E-state index >= 15 is 0 Å². The molecule has 0 radical (unpaired) electrons. The molecule has 5 heteroatoms. The number of nitrogens with one attached hydrogen (secondary N) is 1. The van der Waals surface area contributed by atoms with Gasteiger partial charge in [-0.05, 0) is 24.1 Å². The minimum Gasteiger partial charge on any atom is -0.317 e. The predicted octanol–water partition coefficient (Wildman–Crippen LogP) is 2.72. The second kappa shape index (κ2) is 7.56. The highest BCUT2D eigenvalue weighted by molar-refractivity contribution is 5.80. The molecule has 1 amide bonds. The van der Waals surface area contributed by atoms with E-state index in [0.717, 1.165) is 29.8 Å². The van der Waals surface area contributed by atoms with E-state index < -0.39 is 0 Å². The highest BCUT2D eigenvalue weighted by atomic mass is 16.6. The maximum atomic E-state index is 11.8. The molecule has 2 heterocycles. The third kappa shape index (κ3) is 4.17. The van der Waals surface area contributed by atoms with Crippen molar-refractivity contribution in [2.24, 2.45) is 0 Å². The van der Waals surface area contributed by atoms with Gasteiger partial charge in [0.1, 0.15) is 0 Å². The van der Waals surface area contributed by atoms with E-state index in [1.165, 1.54) is 0 Å². The molecule has 0 aliphatic carbocycles. The average Bonchev–Trinajstić information content (AvgIpc) is 3.01. The minimum absolute atomic E-state index is 0.135. The van der Waals surface area contributed by atoms with Gasteiger partial charge < -0.3 is 4.90 Å². The maximum Gasteiger partial charge on any atom is 0.226 e. The Morgan fingerprint density at radius 3 is 2.83 bits per heavy atom. The summed E-state index contributed by atoms with van der Waals surface area (Å²) in [4.78, 5) is 23.3. The SMILES string of the molecule is O=C1CCCN1C=C(NOCc1ccccc1)c1cccnc1. The Kier molecular flexibility index (Phi) is 5.01. The summed E-state index contributed by atoms with van der Waals surface area (Å²) in [5.74, 6) is 0.135. The first-order valence-electron chi connectivity index (χ1n) is 7.66. The first-order chi connectivity index (χ1) is 11.3. The first kappa shape index (κ1) is 15.2. The Labute approximate surface area is 135 Å². The van der Waals surface area contributed by atoms with Gasteiger partial charge in [-0.2, -0.15) is 0 Å². The molecule has 0 unspecified atom stereocenters. The second-order valence-electron chi connectivity index (χ2n) is 5.35. The fourth-order valence-corrected chi connectivity index (χ4v) is 2.41. The lowest BCUT2D eigenvalue weighted by Crippen LogP contribution is -2.22. The highest BCUT2D eigenvalue weighted by Gasteiger charge is 2.19. The summed E-state index contributed by atoms with van der Waals surface area (Å²) in [6.07, 6.45) is 6.75. The standard InChI is InChI=1S/C18H19N3O2/c22-18-9-5-11-21(18)13-17(16-8-4-10-19-12-16)20-23-14-15-6-2-1-3-7-15/h1-4,6-8,10,12-13,20H,5,9,11,14H2. The van der Waals surface area contributed by atoms with E-state index in [-0.39, 0.29) is 5.91 Å². The van der Waals surface area contributed by atoms with E-state index in [1.54, 1.807) is 23.5 Å². The summed E-state index contributed by atoms with van der Waals surface area (Å²) in [5, 5.41) is 0. The fraction of sp³-hybridized carbons (Fsp3) is 0.222. The van der Waals surface area contributed by atoms with Crippen LogP contribution in [-0.4, -0.2) is 22.3 Å². The molecule has 2 aromatic rings. The largest absolute Gasteiger partial charge is 0.317 e. The molecule has 1 saturated heterocycles. The van der Waals surface area contributed by atoms with Crippen LogP contribution in [0.5, 0.6) is 0 Å². The monoisotopic (exact) mass is 309 g/mol. The Bertz CT molecular complexity index is 671. The van der Waals surface area contributed by atoms with E-state index in [9.17, 15) is 4.79 Å². The van der Waals surface area contributed by atoms with Crippen molar-refractivity contribution < 1.29 is 9.63 Å². The molecular weight excluding hydrogens is 290 g/mol. The van der Waals surface area contributed by atoms with Crippen molar-refractivity contribution in [3.63, 3.8) is 0 Å². The third-order valence-corrected chi connectivity index (χ3v) is 3.63. The number of rotatable bonds is 6. The fourth-order valence-electron chi connectivity index (χ4n) is 2.41. The normalized spacial score (nSPS) is 15.0. The zero-order valence-corrected chi connectivity index (χ0v) is 12.8. The molecule has 1 aliphatic heterocycles. The molecule has 0 bridgehead atoms. The molecule has 1 aliphatic rings. The van der Waals surface area contributed by atoms with Crippen molar-refractivity contribution in [1.29, 1.82) is 0 Å². The van der Waals surface area contributed by atoms with Crippen molar-refractivity contribution in [1.82, 2.24) is 15.4 Å². The predicted molar refractivity (Wildman–Crippen MR) is 87.5 cm³/mol. The number of hydrogen-bond donors (Lipinski definition) is 1. The minimum atomic E-state index is 0.135. The van der Waals surface area contributed by atoms with Gasteiger partial charge in [0.2, 0.25) is 5.91 Å². The van der Waals surface area contributed by atoms with Gasteiger partial charge in [-0.25, -0.2) is 0 Å². The topological polar surface area (TPSA) is 54.5 Å². The van der Waals surface area contributed by atoms with Crippen molar-refractivity contribution in [2.45, 2.75) is 19.4 Å². The van der Waals surface area contributed by atoms with E-state index in [0.29, 0.717) is 13.0 Å². The molecule has 0 atom stereocenters. The summed E-state index contributed by atoms with van der Waals surface area (Å²) in [6, 6.07) is 13.7. The Morgan fingerprint density at radius 2 is 2.13 bits per heavy atom. The summed E-state index contributed by atoms with van der Waals surface area (Å²) >= 11 is 0. The molecule has 3 rings (SSSR count). The van der Waals surface area contributed by atoms with Gasteiger partial charge in [-0.3, -0.25) is 20.1 Å². The Balaban J connectivity index is 1.70. The molecule has 0 spiro atoms.